The molecule has 88 valence electrons. The summed E-state index contributed by atoms with van der Waals surface area (Å²) in [5, 5.41) is 7.48. The van der Waals surface area contributed by atoms with Gasteiger partial charge in [-0.05, 0) is 38.8 Å². The van der Waals surface area contributed by atoms with Crippen LogP contribution in [0.3, 0.4) is 0 Å². The van der Waals surface area contributed by atoms with Gasteiger partial charge in [0.25, 0.3) is 0 Å². The molecule has 0 aromatic carbocycles. The topological polar surface area (TPSA) is 46.9 Å². The van der Waals surface area contributed by atoms with E-state index in [9.17, 15) is 4.79 Å². The molecule has 1 unspecified atom stereocenters. The Hall–Kier alpha value is -1.16. The Kier molecular flexibility index (Phi) is 3.10. The third-order valence-corrected chi connectivity index (χ3v) is 3.36. The molecule has 16 heavy (non-hydrogen) atoms. The normalized spacial score (nSPS) is 24.9. The summed E-state index contributed by atoms with van der Waals surface area (Å²) < 4.78 is 1.85. The molecule has 1 saturated heterocycles. The molecule has 0 aliphatic carbocycles. The van der Waals surface area contributed by atoms with E-state index in [1.807, 2.05) is 24.7 Å². The van der Waals surface area contributed by atoms with E-state index < -0.39 is 0 Å². The van der Waals surface area contributed by atoms with Crippen LogP contribution >= 0.6 is 0 Å². The molecule has 0 radical (unpaired) electrons. The lowest BCUT2D eigenvalue weighted by Crippen LogP contribution is -2.45. The van der Waals surface area contributed by atoms with Gasteiger partial charge >= 0.3 is 0 Å². The molecule has 0 saturated carbocycles. The Morgan fingerprint density at radius 3 is 3.06 bits per heavy atom. The van der Waals surface area contributed by atoms with E-state index in [2.05, 4.69) is 10.4 Å². The number of hydrogen-bond donors (Lipinski definition) is 1. The van der Waals surface area contributed by atoms with Crippen molar-refractivity contribution in [1.82, 2.24) is 15.1 Å². The van der Waals surface area contributed by atoms with Crippen molar-refractivity contribution in [2.75, 3.05) is 6.54 Å². The van der Waals surface area contributed by atoms with Crippen molar-refractivity contribution < 1.29 is 4.79 Å². The number of ketones is 1. The van der Waals surface area contributed by atoms with Crippen LogP contribution in [0.15, 0.2) is 12.4 Å². The Labute approximate surface area is 96.0 Å². The molecule has 1 aromatic rings. The fourth-order valence-corrected chi connectivity index (χ4v) is 2.18. The summed E-state index contributed by atoms with van der Waals surface area (Å²) in [6.07, 6.45) is 6.28. The fraction of sp³-hybridized carbons (Fsp3) is 0.667. The second kappa shape index (κ2) is 4.37. The van der Waals surface area contributed by atoms with Gasteiger partial charge < -0.3 is 5.32 Å². The lowest BCUT2D eigenvalue weighted by atomic mass is 9.91. The zero-order valence-electron chi connectivity index (χ0n) is 9.99. The van der Waals surface area contributed by atoms with Gasteiger partial charge in [-0.1, -0.05) is 0 Å². The highest BCUT2D eigenvalue weighted by Crippen LogP contribution is 2.21. The summed E-state index contributed by atoms with van der Waals surface area (Å²) >= 11 is 0. The average molecular weight is 221 g/mol. The van der Waals surface area contributed by atoms with Gasteiger partial charge in [0.05, 0.1) is 11.7 Å². The van der Waals surface area contributed by atoms with Gasteiger partial charge in [0, 0.05) is 19.2 Å². The van der Waals surface area contributed by atoms with Crippen molar-refractivity contribution in [2.45, 2.75) is 45.2 Å². The molecule has 1 aliphatic rings. The maximum atomic E-state index is 12.1. The summed E-state index contributed by atoms with van der Waals surface area (Å²) in [4.78, 5) is 12.1. The van der Waals surface area contributed by atoms with Crippen LogP contribution < -0.4 is 5.32 Å². The minimum absolute atomic E-state index is 0.278. The molecule has 0 bridgehead atoms. The lowest BCUT2D eigenvalue weighted by Gasteiger charge is -2.22. The highest BCUT2D eigenvalue weighted by Gasteiger charge is 2.35. The van der Waals surface area contributed by atoms with Gasteiger partial charge in [-0.25, -0.2) is 0 Å². The van der Waals surface area contributed by atoms with Crippen LogP contribution in [0.25, 0.3) is 0 Å². The maximum Gasteiger partial charge on any atom is 0.157 e. The number of nitrogens with one attached hydrogen (secondary N) is 1. The van der Waals surface area contributed by atoms with Gasteiger partial charge in [-0.3, -0.25) is 9.48 Å². The zero-order chi connectivity index (χ0) is 11.6. The fourth-order valence-electron chi connectivity index (χ4n) is 2.18. The maximum absolute atomic E-state index is 12.1. The van der Waals surface area contributed by atoms with Crippen LogP contribution in [-0.4, -0.2) is 27.6 Å². The van der Waals surface area contributed by atoms with E-state index in [0.717, 1.165) is 31.5 Å². The number of carbonyl (C=O) groups excluding carboxylic acids is 1. The predicted molar refractivity (Wildman–Crippen MR) is 62.3 cm³/mol. The highest BCUT2D eigenvalue weighted by atomic mass is 16.1. The SMILES string of the molecule is CCn1cc(CC(=O)C2(C)CCCN2)cn1. The number of carbonyl (C=O) groups is 1. The quantitative estimate of drug-likeness (QED) is 0.830. The van der Waals surface area contributed by atoms with Crippen molar-refractivity contribution in [3.63, 3.8) is 0 Å². The third-order valence-electron chi connectivity index (χ3n) is 3.36. The number of Topliss-reactive ketones (excluding diaryl/α,β-unsaturated/α-hetero) is 1. The first-order valence-corrected chi connectivity index (χ1v) is 5.94. The molecule has 1 aromatic heterocycles. The second-order valence-corrected chi connectivity index (χ2v) is 4.67. The summed E-state index contributed by atoms with van der Waals surface area (Å²) in [5.41, 5.74) is 0.704. The zero-order valence-corrected chi connectivity index (χ0v) is 9.99. The molecule has 0 spiro atoms. The van der Waals surface area contributed by atoms with Gasteiger partial charge in [-0.2, -0.15) is 5.10 Å². The molecule has 2 heterocycles. The minimum atomic E-state index is -0.311. The molecule has 1 N–H and O–H groups in total. The summed E-state index contributed by atoms with van der Waals surface area (Å²) in [5.74, 6) is 0.278. The Bertz CT molecular complexity index is 377. The van der Waals surface area contributed by atoms with E-state index in [1.54, 1.807) is 6.20 Å². The molecule has 1 atom stereocenters. The van der Waals surface area contributed by atoms with Crippen LogP contribution in [0, 0.1) is 0 Å². The predicted octanol–water partition coefficient (Wildman–Crippen LogP) is 1.16. The Morgan fingerprint density at radius 2 is 2.50 bits per heavy atom. The first-order valence-electron chi connectivity index (χ1n) is 5.94. The summed E-state index contributed by atoms with van der Waals surface area (Å²) in [6.45, 7) is 5.85. The first-order chi connectivity index (χ1) is 7.64. The van der Waals surface area contributed by atoms with Crippen LogP contribution in [0.1, 0.15) is 32.3 Å². The third kappa shape index (κ3) is 2.16. The average Bonchev–Trinajstić information content (AvgIpc) is 2.88. The standard InChI is InChI=1S/C12H19N3O/c1-3-15-9-10(8-14-15)7-11(16)12(2)5-4-6-13-12/h8-9,13H,3-7H2,1-2H3. The summed E-state index contributed by atoms with van der Waals surface area (Å²) in [7, 11) is 0. The number of nitrogens with zero attached hydrogens (tertiary/aromatic N) is 2. The van der Waals surface area contributed by atoms with E-state index >= 15 is 0 Å². The lowest BCUT2D eigenvalue weighted by molar-refractivity contribution is -0.123. The Morgan fingerprint density at radius 1 is 1.69 bits per heavy atom. The number of rotatable bonds is 4. The smallest absolute Gasteiger partial charge is 0.157 e. The molecular weight excluding hydrogens is 202 g/mol. The molecule has 1 aliphatic heterocycles. The van der Waals surface area contributed by atoms with E-state index in [4.69, 9.17) is 0 Å². The number of aromatic nitrogens is 2. The first kappa shape index (κ1) is 11.3. The molecule has 4 heteroatoms. The highest BCUT2D eigenvalue weighted by molar-refractivity contribution is 5.90. The van der Waals surface area contributed by atoms with Crippen molar-refractivity contribution in [3.8, 4) is 0 Å². The molecular formula is C12H19N3O. The molecule has 1 fully saturated rings. The van der Waals surface area contributed by atoms with Gasteiger partial charge in [-0.15, -0.1) is 0 Å². The largest absolute Gasteiger partial charge is 0.305 e. The van der Waals surface area contributed by atoms with E-state index in [1.165, 1.54) is 0 Å². The summed E-state index contributed by atoms with van der Waals surface area (Å²) in [6, 6.07) is 0. The van der Waals surface area contributed by atoms with Crippen LogP contribution in [0.2, 0.25) is 0 Å². The van der Waals surface area contributed by atoms with Crippen molar-refractivity contribution in [3.05, 3.63) is 18.0 Å². The second-order valence-electron chi connectivity index (χ2n) is 4.67. The monoisotopic (exact) mass is 221 g/mol. The molecule has 4 nitrogen and oxygen atoms in total. The van der Waals surface area contributed by atoms with Gasteiger partial charge in [0.15, 0.2) is 5.78 Å². The van der Waals surface area contributed by atoms with Crippen molar-refractivity contribution in [1.29, 1.82) is 0 Å². The van der Waals surface area contributed by atoms with Gasteiger partial charge in [0.2, 0.25) is 0 Å². The van der Waals surface area contributed by atoms with Crippen molar-refractivity contribution >= 4 is 5.78 Å². The van der Waals surface area contributed by atoms with Crippen LogP contribution in [0.4, 0.5) is 0 Å². The molecule has 2 rings (SSSR count). The van der Waals surface area contributed by atoms with Crippen molar-refractivity contribution in [2.24, 2.45) is 0 Å². The van der Waals surface area contributed by atoms with E-state index in [0.29, 0.717) is 6.42 Å². The van der Waals surface area contributed by atoms with Gasteiger partial charge in [0.1, 0.15) is 0 Å². The number of aryl methyl sites for hydroxylation is 1. The Balaban J connectivity index is 2.01. The minimum Gasteiger partial charge on any atom is -0.305 e. The van der Waals surface area contributed by atoms with Crippen LogP contribution in [-0.2, 0) is 17.8 Å². The number of hydrogen-bond acceptors (Lipinski definition) is 3. The molecule has 0 amide bonds. The van der Waals surface area contributed by atoms with E-state index in [-0.39, 0.29) is 11.3 Å². The van der Waals surface area contributed by atoms with Crippen LogP contribution in [0.5, 0.6) is 0 Å².